The Labute approximate surface area is 171 Å². The van der Waals surface area contributed by atoms with Crippen molar-refractivity contribution in [3.63, 3.8) is 0 Å². The number of aliphatic hydroxyl groups is 1. The number of aryl methyl sites for hydroxylation is 1. The summed E-state index contributed by atoms with van der Waals surface area (Å²) in [6.45, 7) is 0. The van der Waals surface area contributed by atoms with Gasteiger partial charge in [0.15, 0.2) is 0 Å². The Bertz CT molecular complexity index is 941. The number of aliphatic hydroxyl groups excluding tert-OH is 1. The van der Waals surface area contributed by atoms with Crippen molar-refractivity contribution in [1.82, 2.24) is 0 Å². The van der Waals surface area contributed by atoms with Gasteiger partial charge in [-0.2, -0.15) is 0 Å². The van der Waals surface area contributed by atoms with Crippen LogP contribution in [0.1, 0.15) is 23.6 Å². The third kappa shape index (κ3) is 3.89. The lowest BCUT2D eigenvalue weighted by Crippen LogP contribution is -2.59. The van der Waals surface area contributed by atoms with Crippen LogP contribution in [0.3, 0.4) is 0 Å². The lowest BCUT2D eigenvalue weighted by Gasteiger charge is -2.49. The molecule has 1 fully saturated rings. The Morgan fingerprint density at radius 1 is 0.931 bits per heavy atom. The van der Waals surface area contributed by atoms with Crippen molar-refractivity contribution in [2.24, 2.45) is 5.92 Å². The number of carbonyl (C=O) groups excluding carboxylic acids is 1. The van der Waals surface area contributed by atoms with Gasteiger partial charge in [-0.1, -0.05) is 60.7 Å². The minimum atomic E-state index is -0.699. The van der Waals surface area contributed by atoms with E-state index >= 15 is 0 Å². The molecule has 0 radical (unpaired) electrons. The second-order valence-corrected chi connectivity index (χ2v) is 7.38. The Morgan fingerprint density at radius 2 is 1.55 bits per heavy atom. The van der Waals surface area contributed by atoms with E-state index in [9.17, 15) is 9.90 Å². The molecule has 3 atom stereocenters. The predicted octanol–water partition coefficient (Wildman–Crippen LogP) is 4.39. The number of ether oxygens (including phenoxy) is 1. The van der Waals surface area contributed by atoms with Crippen LogP contribution in [0.25, 0.3) is 0 Å². The second-order valence-electron chi connectivity index (χ2n) is 7.38. The van der Waals surface area contributed by atoms with Crippen LogP contribution in [0.4, 0.5) is 5.69 Å². The van der Waals surface area contributed by atoms with E-state index in [1.54, 1.807) is 12.0 Å². The molecular weight excluding hydrogens is 362 g/mol. The van der Waals surface area contributed by atoms with Crippen LogP contribution in [0.2, 0.25) is 0 Å². The molecule has 0 bridgehead atoms. The van der Waals surface area contributed by atoms with E-state index in [0.29, 0.717) is 6.42 Å². The third-order valence-corrected chi connectivity index (χ3v) is 5.62. The maximum atomic E-state index is 13.1. The third-order valence-electron chi connectivity index (χ3n) is 5.62. The fourth-order valence-electron chi connectivity index (χ4n) is 4.06. The van der Waals surface area contributed by atoms with Crippen molar-refractivity contribution in [3.05, 3.63) is 96.1 Å². The molecule has 3 aromatic rings. The van der Waals surface area contributed by atoms with E-state index in [4.69, 9.17) is 4.74 Å². The number of nitrogens with zero attached hydrogens (tertiary/aromatic N) is 1. The number of methoxy groups -OCH3 is 1. The van der Waals surface area contributed by atoms with Crippen LogP contribution < -0.4 is 9.64 Å². The molecule has 1 heterocycles. The molecule has 0 aromatic heterocycles. The average molecular weight is 387 g/mol. The van der Waals surface area contributed by atoms with E-state index in [1.165, 1.54) is 5.56 Å². The number of β-lactam (4-membered cyclic amide) rings is 1. The first-order valence-electron chi connectivity index (χ1n) is 9.93. The predicted molar refractivity (Wildman–Crippen MR) is 114 cm³/mol. The number of benzene rings is 3. The highest BCUT2D eigenvalue weighted by Gasteiger charge is 2.51. The monoisotopic (exact) mass is 387 g/mol. The van der Waals surface area contributed by atoms with Gasteiger partial charge in [0.1, 0.15) is 5.75 Å². The van der Waals surface area contributed by atoms with Gasteiger partial charge in [-0.3, -0.25) is 4.79 Å². The largest absolute Gasteiger partial charge is 0.497 e. The summed E-state index contributed by atoms with van der Waals surface area (Å²) in [7, 11) is 1.63. The molecule has 1 saturated heterocycles. The first-order chi connectivity index (χ1) is 14.2. The highest BCUT2D eigenvalue weighted by atomic mass is 16.5. The van der Waals surface area contributed by atoms with Crippen LogP contribution >= 0.6 is 0 Å². The van der Waals surface area contributed by atoms with Gasteiger partial charge >= 0.3 is 0 Å². The molecule has 4 nitrogen and oxygen atoms in total. The maximum Gasteiger partial charge on any atom is 0.235 e. The van der Waals surface area contributed by atoms with Crippen LogP contribution in [0.15, 0.2) is 84.9 Å². The van der Waals surface area contributed by atoms with E-state index < -0.39 is 12.0 Å². The number of hydrogen-bond donors (Lipinski definition) is 1. The fraction of sp³-hybridized carbons (Fsp3) is 0.240. The quantitative estimate of drug-likeness (QED) is 0.612. The zero-order valence-electron chi connectivity index (χ0n) is 16.4. The van der Waals surface area contributed by atoms with E-state index in [0.717, 1.165) is 23.4 Å². The van der Waals surface area contributed by atoms with Gasteiger partial charge in [0, 0.05) is 5.69 Å². The summed E-state index contributed by atoms with van der Waals surface area (Å²) in [5.41, 5.74) is 3.02. The van der Waals surface area contributed by atoms with Crippen molar-refractivity contribution >= 4 is 11.6 Å². The molecule has 1 amide bonds. The van der Waals surface area contributed by atoms with Crippen LogP contribution in [0.5, 0.6) is 5.75 Å². The molecule has 29 heavy (non-hydrogen) atoms. The molecule has 0 spiro atoms. The van der Waals surface area contributed by atoms with Gasteiger partial charge in [-0.25, -0.2) is 0 Å². The molecule has 0 saturated carbocycles. The van der Waals surface area contributed by atoms with Crippen LogP contribution in [-0.2, 0) is 11.2 Å². The zero-order valence-corrected chi connectivity index (χ0v) is 16.4. The zero-order chi connectivity index (χ0) is 20.2. The molecule has 0 aliphatic carbocycles. The van der Waals surface area contributed by atoms with Crippen molar-refractivity contribution in [1.29, 1.82) is 0 Å². The minimum Gasteiger partial charge on any atom is -0.497 e. The molecule has 1 aliphatic rings. The second kappa shape index (κ2) is 8.50. The first-order valence-corrected chi connectivity index (χ1v) is 9.93. The molecule has 148 valence electrons. The van der Waals surface area contributed by atoms with Crippen LogP contribution in [0, 0.1) is 5.92 Å². The number of hydrogen-bond acceptors (Lipinski definition) is 3. The van der Waals surface area contributed by atoms with Crippen LogP contribution in [-0.4, -0.2) is 24.2 Å². The summed E-state index contributed by atoms with van der Waals surface area (Å²) in [5.74, 6) is 0.289. The Hall–Kier alpha value is -3.11. The highest BCUT2D eigenvalue weighted by molar-refractivity contribution is 6.03. The summed E-state index contributed by atoms with van der Waals surface area (Å²) in [4.78, 5) is 14.9. The van der Waals surface area contributed by atoms with Gasteiger partial charge < -0.3 is 14.7 Å². The number of para-hydroxylation sites is 1. The maximum absolute atomic E-state index is 13.1. The lowest BCUT2D eigenvalue weighted by atomic mass is 9.76. The Balaban J connectivity index is 1.58. The van der Waals surface area contributed by atoms with Gasteiger partial charge in [-0.15, -0.1) is 0 Å². The lowest BCUT2D eigenvalue weighted by molar-refractivity contribution is -0.136. The van der Waals surface area contributed by atoms with E-state index in [2.05, 4.69) is 0 Å². The number of carbonyl (C=O) groups is 1. The Morgan fingerprint density at radius 3 is 2.17 bits per heavy atom. The first kappa shape index (κ1) is 19.2. The molecular formula is C25H25NO3. The standard InChI is InChI=1S/C25H25NO3/c1-29-21-15-13-19(14-16-21)24-23(22(27)17-12-18-8-4-2-5-9-18)25(28)26(24)20-10-6-3-7-11-20/h2-11,13-16,22-24,27H,12,17H2,1H3/t22-,23?,24+/m0/s1. The highest BCUT2D eigenvalue weighted by Crippen LogP contribution is 2.46. The summed E-state index contributed by atoms with van der Waals surface area (Å²) < 4.78 is 5.27. The molecule has 1 N–H and O–H groups in total. The molecule has 4 rings (SSSR count). The Kier molecular flexibility index (Phi) is 5.63. The minimum absolute atomic E-state index is 0.0300. The fourth-order valence-corrected chi connectivity index (χ4v) is 4.06. The number of amides is 1. The van der Waals surface area contributed by atoms with Gasteiger partial charge in [0.05, 0.1) is 25.2 Å². The van der Waals surface area contributed by atoms with Gasteiger partial charge in [-0.05, 0) is 48.2 Å². The van der Waals surface area contributed by atoms with Crippen molar-refractivity contribution in [3.8, 4) is 5.75 Å². The van der Waals surface area contributed by atoms with E-state index in [1.807, 2.05) is 84.9 Å². The summed E-state index contributed by atoms with van der Waals surface area (Å²) in [6, 6.07) is 27.3. The van der Waals surface area contributed by atoms with Crippen molar-refractivity contribution < 1.29 is 14.6 Å². The van der Waals surface area contributed by atoms with Gasteiger partial charge in [0.25, 0.3) is 0 Å². The van der Waals surface area contributed by atoms with Crippen molar-refractivity contribution in [2.45, 2.75) is 25.0 Å². The summed E-state index contributed by atoms with van der Waals surface area (Å²) in [6.07, 6.45) is 0.595. The molecule has 3 aromatic carbocycles. The molecule has 1 aliphatic heterocycles. The summed E-state index contributed by atoms with van der Waals surface area (Å²) >= 11 is 0. The summed E-state index contributed by atoms with van der Waals surface area (Å²) in [5, 5.41) is 10.9. The SMILES string of the molecule is COc1ccc([C@@H]2C([C@@H](O)CCc3ccccc3)C(=O)N2c2ccccc2)cc1. The molecule has 1 unspecified atom stereocenters. The van der Waals surface area contributed by atoms with E-state index in [-0.39, 0.29) is 11.9 Å². The molecule has 4 heteroatoms. The normalized spacial score (nSPS) is 19.5. The number of anilines is 1. The average Bonchev–Trinajstić information content (AvgIpc) is 2.77. The van der Waals surface area contributed by atoms with Crippen molar-refractivity contribution in [2.75, 3.05) is 12.0 Å². The topological polar surface area (TPSA) is 49.8 Å². The van der Waals surface area contributed by atoms with Gasteiger partial charge in [0.2, 0.25) is 5.91 Å². The number of rotatable bonds is 7. The smallest absolute Gasteiger partial charge is 0.235 e.